The van der Waals surface area contributed by atoms with E-state index in [0.29, 0.717) is 17.7 Å². The molecule has 0 atom stereocenters. The van der Waals surface area contributed by atoms with Crippen LogP contribution in [0.3, 0.4) is 0 Å². The van der Waals surface area contributed by atoms with Gasteiger partial charge in [-0.15, -0.1) is 0 Å². The highest BCUT2D eigenvalue weighted by atomic mass is 16.8. The quantitative estimate of drug-likeness (QED) is 0.453. The van der Waals surface area contributed by atoms with Crippen molar-refractivity contribution in [2.75, 3.05) is 14.2 Å². The highest BCUT2D eigenvalue weighted by Gasteiger charge is 2.14. The summed E-state index contributed by atoms with van der Waals surface area (Å²) in [5.74, 6) is 0.484. The molecule has 0 aromatic heterocycles. The number of carbonyl (C=O) groups is 1. The number of rotatable bonds is 8. The van der Waals surface area contributed by atoms with E-state index in [4.69, 9.17) is 14.2 Å². The van der Waals surface area contributed by atoms with E-state index in [0.717, 1.165) is 11.8 Å². The van der Waals surface area contributed by atoms with Gasteiger partial charge in [0.2, 0.25) is 0 Å². The Morgan fingerprint density at radius 3 is 2.38 bits per heavy atom. The maximum Gasteiger partial charge on any atom is 0.315 e. The molecule has 1 aromatic rings. The predicted molar refractivity (Wildman–Crippen MR) is 79.4 cm³/mol. The summed E-state index contributed by atoms with van der Waals surface area (Å²) in [7, 11) is 2.93. The second kappa shape index (κ2) is 8.44. The molecule has 0 aliphatic rings. The fourth-order valence-electron chi connectivity index (χ4n) is 1.80. The summed E-state index contributed by atoms with van der Waals surface area (Å²) in [6, 6.07) is 3.25. The molecule has 0 fully saturated rings. The molecule has 21 heavy (non-hydrogen) atoms. The maximum absolute atomic E-state index is 10.7. The topological polar surface area (TPSA) is 65.0 Å². The lowest BCUT2D eigenvalue weighted by Gasteiger charge is -2.18. The van der Waals surface area contributed by atoms with Crippen LogP contribution in [-0.4, -0.2) is 32.1 Å². The van der Waals surface area contributed by atoms with Crippen LogP contribution < -0.4 is 4.74 Å². The van der Waals surface area contributed by atoms with Gasteiger partial charge in [0.1, 0.15) is 17.8 Å². The first kappa shape index (κ1) is 17.2. The largest absolute Gasteiger partial charge is 0.508 e. The molecule has 0 radical (unpaired) electrons. The molecule has 0 spiro atoms. The number of aldehydes is 1. The molecule has 1 N–H and O–H groups in total. The average Bonchev–Trinajstić information content (AvgIpc) is 2.45. The van der Waals surface area contributed by atoms with Gasteiger partial charge >= 0.3 is 6.48 Å². The van der Waals surface area contributed by atoms with Crippen molar-refractivity contribution in [3.63, 3.8) is 0 Å². The Balaban J connectivity index is 3.15. The number of phenolic OH excluding ortho intramolecular Hbond substituents is 1. The first-order valence-corrected chi connectivity index (χ1v) is 6.65. The second-order valence-corrected chi connectivity index (χ2v) is 4.82. The lowest BCUT2D eigenvalue weighted by molar-refractivity contribution is -0.219. The second-order valence-electron chi connectivity index (χ2n) is 4.82. The van der Waals surface area contributed by atoms with Crippen molar-refractivity contribution in [2.45, 2.75) is 33.2 Å². The van der Waals surface area contributed by atoms with Gasteiger partial charge in [-0.3, -0.25) is 0 Å². The minimum Gasteiger partial charge on any atom is -0.508 e. The van der Waals surface area contributed by atoms with Gasteiger partial charge in [0.05, 0.1) is 0 Å². The van der Waals surface area contributed by atoms with Gasteiger partial charge in [0.15, 0.2) is 0 Å². The summed E-state index contributed by atoms with van der Waals surface area (Å²) >= 11 is 0. The van der Waals surface area contributed by atoms with Crippen LogP contribution in [0.25, 0.3) is 0 Å². The zero-order valence-corrected chi connectivity index (χ0v) is 12.9. The molecule has 1 aromatic carbocycles. The van der Waals surface area contributed by atoms with Crippen molar-refractivity contribution >= 4 is 6.29 Å². The van der Waals surface area contributed by atoms with Crippen molar-refractivity contribution in [2.24, 2.45) is 0 Å². The van der Waals surface area contributed by atoms with Gasteiger partial charge in [0.25, 0.3) is 0 Å². The normalized spacial score (nSPS) is 10.5. The fourth-order valence-corrected chi connectivity index (χ4v) is 1.80. The minimum absolute atomic E-state index is 0.0176. The molecular formula is C16H22O5. The van der Waals surface area contributed by atoms with Crippen LogP contribution in [0.2, 0.25) is 0 Å². The Bertz CT molecular complexity index is 500. The van der Waals surface area contributed by atoms with E-state index in [-0.39, 0.29) is 12.2 Å². The summed E-state index contributed by atoms with van der Waals surface area (Å²) in [6.45, 7) is 3.15. The number of hydrogen-bond acceptors (Lipinski definition) is 5. The van der Waals surface area contributed by atoms with Gasteiger partial charge in [-0.2, -0.15) is 0 Å². The zero-order chi connectivity index (χ0) is 15.8. The van der Waals surface area contributed by atoms with Crippen molar-refractivity contribution in [3.8, 4) is 11.5 Å². The summed E-state index contributed by atoms with van der Waals surface area (Å²) in [5.41, 5.74) is 2.59. The van der Waals surface area contributed by atoms with E-state index in [2.05, 4.69) is 0 Å². The molecule has 5 heteroatoms. The van der Waals surface area contributed by atoms with Crippen molar-refractivity contribution in [3.05, 3.63) is 34.9 Å². The van der Waals surface area contributed by atoms with E-state index in [9.17, 15) is 9.90 Å². The first-order chi connectivity index (χ1) is 10.0. The minimum atomic E-state index is -0.855. The van der Waals surface area contributed by atoms with Crippen LogP contribution in [0, 0.1) is 0 Å². The molecule has 0 amide bonds. The SMILES string of the molecule is COC(OC)Oc1cc(O)c(CC=O)cc1CC=C(C)C. The molecular weight excluding hydrogens is 272 g/mol. The Morgan fingerprint density at radius 1 is 1.19 bits per heavy atom. The maximum atomic E-state index is 10.7. The van der Waals surface area contributed by atoms with Crippen LogP contribution in [0.15, 0.2) is 23.8 Å². The zero-order valence-electron chi connectivity index (χ0n) is 12.9. The molecule has 116 valence electrons. The summed E-state index contributed by atoms with van der Waals surface area (Å²) in [6.07, 6.45) is 3.59. The lowest BCUT2D eigenvalue weighted by Crippen LogP contribution is -2.21. The molecule has 5 nitrogen and oxygen atoms in total. The molecule has 0 saturated carbocycles. The van der Waals surface area contributed by atoms with Crippen LogP contribution in [-0.2, 0) is 27.1 Å². The van der Waals surface area contributed by atoms with Crippen LogP contribution in [0.5, 0.6) is 11.5 Å². The Morgan fingerprint density at radius 2 is 1.86 bits per heavy atom. The van der Waals surface area contributed by atoms with Crippen LogP contribution in [0.1, 0.15) is 25.0 Å². The van der Waals surface area contributed by atoms with E-state index < -0.39 is 6.48 Å². The molecule has 0 aliphatic carbocycles. The van der Waals surface area contributed by atoms with E-state index in [1.54, 1.807) is 6.07 Å². The van der Waals surface area contributed by atoms with E-state index in [1.165, 1.54) is 25.9 Å². The number of phenols is 1. The van der Waals surface area contributed by atoms with Crippen LogP contribution >= 0.6 is 0 Å². The Labute approximate surface area is 125 Å². The first-order valence-electron chi connectivity index (χ1n) is 6.65. The van der Waals surface area contributed by atoms with Gasteiger partial charge in [-0.05, 0) is 31.9 Å². The molecule has 0 heterocycles. The standard InChI is InChI=1S/C16H22O5/c1-11(2)5-6-13-9-12(7-8-17)14(18)10-15(13)21-16(19-3)20-4/h5,8-10,16,18H,6-7H2,1-4H3. The third-order valence-electron chi connectivity index (χ3n) is 2.90. The smallest absolute Gasteiger partial charge is 0.315 e. The Hall–Kier alpha value is -1.85. The Kier molecular flexibility index (Phi) is 6.91. The van der Waals surface area contributed by atoms with Gasteiger partial charge in [-0.25, -0.2) is 0 Å². The predicted octanol–water partition coefficient (Wildman–Crippen LogP) is 2.60. The van der Waals surface area contributed by atoms with Gasteiger partial charge in [-0.1, -0.05) is 11.6 Å². The third-order valence-corrected chi connectivity index (χ3v) is 2.90. The number of ether oxygens (including phenoxy) is 3. The van der Waals surface area contributed by atoms with Crippen molar-refractivity contribution in [1.29, 1.82) is 0 Å². The number of carbonyl (C=O) groups excluding carboxylic acids is 1. The number of benzene rings is 1. The lowest BCUT2D eigenvalue weighted by atomic mass is 10.0. The van der Waals surface area contributed by atoms with Gasteiger partial charge in [0, 0.05) is 32.3 Å². The van der Waals surface area contributed by atoms with Crippen molar-refractivity contribution in [1.82, 2.24) is 0 Å². The molecule has 0 aliphatic heterocycles. The number of hydrogen-bond donors (Lipinski definition) is 1. The number of allylic oxidation sites excluding steroid dienone is 2. The summed E-state index contributed by atoms with van der Waals surface area (Å²) in [4.78, 5) is 10.7. The number of methoxy groups -OCH3 is 2. The molecule has 0 saturated heterocycles. The highest BCUT2D eigenvalue weighted by Crippen LogP contribution is 2.30. The highest BCUT2D eigenvalue weighted by molar-refractivity contribution is 5.59. The number of aromatic hydroxyl groups is 1. The molecule has 0 unspecified atom stereocenters. The van der Waals surface area contributed by atoms with E-state index >= 15 is 0 Å². The van der Waals surface area contributed by atoms with Crippen molar-refractivity contribution < 1.29 is 24.1 Å². The third kappa shape index (κ3) is 5.21. The molecule has 0 bridgehead atoms. The summed E-state index contributed by atoms with van der Waals surface area (Å²) < 4.78 is 15.6. The summed E-state index contributed by atoms with van der Waals surface area (Å²) in [5, 5.41) is 9.95. The molecule has 1 rings (SSSR count). The monoisotopic (exact) mass is 294 g/mol. The van der Waals surface area contributed by atoms with E-state index in [1.807, 2.05) is 19.9 Å². The van der Waals surface area contributed by atoms with Crippen LogP contribution in [0.4, 0.5) is 0 Å². The van der Waals surface area contributed by atoms with Gasteiger partial charge < -0.3 is 24.1 Å². The fraction of sp³-hybridized carbons (Fsp3) is 0.438. The average molecular weight is 294 g/mol.